The standard InChI is InChI=1S/C25H18ClN3O2S/c1-16-22(27-23(31-16)17-11-13-18(26)14-12-17)15-32-25-28-21-10-6-5-9-20(21)24(30)29(25)19-7-3-2-4-8-19/h2-14H,15H2,1H3. The quantitative estimate of drug-likeness (QED) is 0.228. The van der Waals surface area contributed by atoms with Crippen molar-refractivity contribution in [1.29, 1.82) is 0 Å². The molecule has 0 aliphatic heterocycles. The molecule has 2 aromatic heterocycles. The van der Waals surface area contributed by atoms with Gasteiger partial charge in [0.25, 0.3) is 5.56 Å². The van der Waals surface area contributed by atoms with E-state index in [9.17, 15) is 4.79 Å². The van der Waals surface area contributed by atoms with E-state index in [4.69, 9.17) is 21.0 Å². The molecule has 5 aromatic rings. The SMILES string of the molecule is Cc1oc(-c2ccc(Cl)cc2)nc1CSc1nc2ccccc2c(=O)n1-c1ccccc1. The molecule has 0 bridgehead atoms. The lowest BCUT2D eigenvalue weighted by Crippen LogP contribution is -2.21. The van der Waals surface area contributed by atoms with Gasteiger partial charge in [0, 0.05) is 16.3 Å². The number of hydrogen-bond donors (Lipinski definition) is 0. The van der Waals surface area contributed by atoms with Crippen LogP contribution < -0.4 is 5.56 Å². The third-order valence-corrected chi connectivity index (χ3v) is 6.28. The molecule has 5 rings (SSSR count). The van der Waals surface area contributed by atoms with Crippen molar-refractivity contribution in [3.63, 3.8) is 0 Å². The summed E-state index contributed by atoms with van der Waals surface area (Å²) < 4.78 is 7.54. The highest BCUT2D eigenvalue weighted by Crippen LogP contribution is 2.29. The van der Waals surface area contributed by atoms with Crippen LogP contribution in [0.4, 0.5) is 0 Å². The van der Waals surface area contributed by atoms with Crippen LogP contribution in [0.5, 0.6) is 0 Å². The Morgan fingerprint density at radius 1 is 0.938 bits per heavy atom. The van der Waals surface area contributed by atoms with E-state index in [0.29, 0.717) is 32.7 Å². The van der Waals surface area contributed by atoms with E-state index in [0.717, 1.165) is 22.7 Å². The maximum atomic E-state index is 13.3. The van der Waals surface area contributed by atoms with Gasteiger partial charge in [-0.3, -0.25) is 9.36 Å². The average molecular weight is 460 g/mol. The summed E-state index contributed by atoms with van der Waals surface area (Å²) in [4.78, 5) is 22.8. The van der Waals surface area contributed by atoms with E-state index < -0.39 is 0 Å². The Balaban J connectivity index is 1.52. The molecule has 5 nitrogen and oxygen atoms in total. The van der Waals surface area contributed by atoms with Crippen molar-refractivity contribution in [2.24, 2.45) is 0 Å². The number of para-hydroxylation sites is 2. The molecule has 0 radical (unpaired) electrons. The summed E-state index contributed by atoms with van der Waals surface area (Å²) in [5, 5.41) is 1.85. The first-order chi connectivity index (χ1) is 15.6. The number of aryl methyl sites for hydroxylation is 1. The topological polar surface area (TPSA) is 60.9 Å². The van der Waals surface area contributed by atoms with Gasteiger partial charge < -0.3 is 4.42 Å². The van der Waals surface area contributed by atoms with Gasteiger partial charge >= 0.3 is 0 Å². The zero-order valence-electron chi connectivity index (χ0n) is 17.2. The Bertz CT molecular complexity index is 1460. The lowest BCUT2D eigenvalue weighted by molar-refractivity contribution is 0.540. The summed E-state index contributed by atoms with van der Waals surface area (Å²) in [5.74, 6) is 1.79. The lowest BCUT2D eigenvalue weighted by atomic mass is 10.2. The first-order valence-corrected chi connectivity index (χ1v) is 11.4. The molecule has 0 saturated heterocycles. The smallest absolute Gasteiger partial charge is 0.266 e. The van der Waals surface area contributed by atoms with Gasteiger partial charge in [-0.15, -0.1) is 0 Å². The highest BCUT2D eigenvalue weighted by Gasteiger charge is 2.16. The van der Waals surface area contributed by atoms with Crippen molar-refractivity contribution in [2.45, 2.75) is 17.8 Å². The molecule has 0 N–H and O–H groups in total. The normalized spacial score (nSPS) is 11.2. The Labute approximate surface area is 193 Å². The summed E-state index contributed by atoms with van der Waals surface area (Å²) in [5.41, 5.74) is 3.02. The van der Waals surface area contributed by atoms with Crippen LogP contribution in [0.1, 0.15) is 11.5 Å². The molecule has 2 heterocycles. The molecule has 7 heteroatoms. The van der Waals surface area contributed by atoms with Crippen molar-refractivity contribution < 1.29 is 4.42 Å². The zero-order valence-corrected chi connectivity index (χ0v) is 18.7. The highest BCUT2D eigenvalue weighted by atomic mass is 35.5. The van der Waals surface area contributed by atoms with Crippen LogP contribution >= 0.6 is 23.4 Å². The van der Waals surface area contributed by atoms with E-state index >= 15 is 0 Å². The fraction of sp³-hybridized carbons (Fsp3) is 0.0800. The Morgan fingerprint density at radius 2 is 1.66 bits per heavy atom. The minimum atomic E-state index is -0.0944. The molecule has 158 valence electrons. The Kier molecular flexibility index (Phi) is 5.55. The van der Waals surface area contributed by atoms with Crippen LogP contribution in [0.3, 0.4) is 0 Å². The van der Waals surface area contributed by atoms with Crippen LogP contribution in [0.15, 0.2) is 93.2 Å². The molecule has 0 fully saturated rings. The molecule has 0 aliphatic carbocycles. The zero-order chi connectivity index (χ0) is 22.1. The van der Waals surface area contributed by atoms with Crippen LogP contribution in [-0.2, 0) is 5.75 Å². The monoisotopic (exact) mass is 459 g/mol. The van der Waals surface area contributed by atoms with Crippen LogP contribution in [0.2, 0.25) is 5.02 Å². The van der Waals surface area contributed by atoms with E-state index in [1.807, 2.05) is 79.7 Å². The second-order valence-corrected chi connectivity index (χ2v) is 8.58. The van der Waals surface area contributed by atoms with Gasteiger partial charge in [-0.05, 0) is 55.5 Å². The Hall–Kier alpha value is -3.35. The van der Waals surface area contributed by atoms with Gasteiger partial charge in [0.05, 0.1) is 22.3 Å². The number of nitrogens with zero attached hydrogens (tertiary/aromatic N) is 3. The van der Waals surface area contributed by atoms with Gasteiger partial charge in [0.2, 0.25) is 5.89 Å². The van der Waals surface area contributed by atoms with Gasteiger partial charge in [-0.1, -0.05) is 53.7 Å². The lowest BCUT2D eigenvalue weighted by Gasteiger charge is -2.12. The van der Waals surface area contributed by atoms with Gasteiger partial charge in [-0.25, -0.2) is 9.97 Å². The molecular weight excluding hydrogens is 442 g/mol. The maximum Gasteiger partial charge on any atom is 0.266 e. The number of rotatable bonds is 5. The minimum absolute atomic E-state index is 0.0944. The van der Waals surface area contributed by atoms with Crippen LogP contribution in [-0.4, -0.2) is 14.5 Å². The predicted octanol–water partition coefficient (Wildman–Crippen LogP) is 6.29. The fourth-order valence-corrected chi connectivity index (χ4v) is 4.56. The first kappa shape index (κ1) is 20.5. The van der Waals surface area contributed by atoms with Crippen molar-refractivity contribution in [3.05, 3.63) is 106 Å². The van der Waals surface area contributed by atoms with Crippen LogP contribution in [0, 0.1) is 6.92 Å². The van der Waals surface area contributed by atoms with Crippen LogP contribution in [0.25, 0.3) is 28.0 Å². The number of halogens is 1. The second-order valence-electron chi connectivity index (χ2n) is 7.21. The first-order valence-electron chi connectivity index (χ1n) is 10.0. The number of oxazole rings is 1. The molecule has 0 aliphatic rings. The van der Waals surface area contributed by atoms with Crippen molar-refractivity contribution in [1.82, 2.24) is 14.5 Å². The molecule has 32 heavy (non-hydrogen) atoms. The summed E-state index contributed by atoms with van der Waals surface area (Å²) in [7, 11) is 0. The van der Waals surface area contributed by atoms with E-state index in [-0.39, 0.29) is 5.56 Å². The van der Waals surface area contributed by atoms with Gasteiger partial charge in [0.15, 0.2) is 5.16 Å². The third-order valence-electron chi connectivity index (χ3n) is 5.08. The number of thioether (sulfide) groups is 1. The summed E-state index contributed by atoms with van der Waals surface area (Å²) in [6.07, 6.45) is 0. The molecule has 0 spiro atoms. The van der Waals surface area contributed by atoms with Crippen molar-refractivity contribution >= 4 is 34.3 Å². The average Bonchev–Trinajstić information content (AvgIpc) is 3.19. The van der Waals surface area contributed by atoms with Gasteiger partial charge in [0.1, 0.15) is 5.76 Å². The van der Waals surface area contributed by atoms with Gasteiger partial charge in [-0.2, -0.15) is 0 Å². The molecule has 0 atom stereocenters. The molecule has 3 aromatic carbocycles. The Morgan fingerprint density at radius 3 is 2.44 bits per heavy atom. The number of benzene rings is 3. The molecule has 0 unspecified atom stereocenters. The molecular formula is C25H18ClN3O2S. The summed E-state index contributed by atoms with van der Waals surface area (Å²) >= 11 is 7.44. The molecule has 0 amide bonds. The van der Waals surface area contributed by atoms with E-state index in [2.05, 4.69) is 4.98 Å². The van der Waals surface area contributed by atoms with Crippen molar-refractivity contribution in [2.75, 3.05) is 0 Å². The van der Waals surface area contributed by atoms with Crippen molar-refractivity contribution in [3.8, 4) is 17.1 Å². The van der Waals surface area contributed by atoms with E-state index in [1.54, 1.807) is 10.6 Å². The number of aromatic nitrogens is 3. The third kappa shape index (κ3) is 3.95. The summed E-state index contributed by atoms with van der Waals surface area (Å²) in [6.45, 7) is 1.89. The molecule has 0 saturated carbocycles. The van der Waals surface area contributed by atoms with E-state index in [1.165, 1.54) is 11.8 Å². The largest absolute Gasteiger partial charge is 0.441 e. The fourth-order valence-electron chi connectivity index (χ4n) is 3.42. The summed E-state index contributed by atoms with van der Waals surface area (Å²) in [6, 6.07) is 24.3. The number of hydrogen-bond acceptors (Lipinski definition) is 5. The highest BCUT2D eigenvalue weighted by molar-refractivity contribution is 7.98. The second kappa shape index (κ2) is 8.65. The maximum absolute atomic E-state index is 13.3. The predicted molar refractivity (Wildman–Crippen MR) is 129 cm³/mol. The minimum Gasteiger partial charge on any atom is -0.441 e. The number of fused-ring (bicyclic) bond motifs is 1.